The quantitative estimate of drug-likeness (QED) is 0.584. The zero-order valence-corrected chi connectivity index (χ0v) is 8.56. The van der Waals surface area contributed by atoms with Crippen LogP contribution in [-0.4, -0.2) is 40.6 Å². The first-order valence-electron chi connectivity index (χ1n) is 4.16. The molecule has 0 aromatic heterocycles. The lowest BCUT2D eigenvalue weighted by Crippen LogP contribution is -2.40. The molecular weight excluding hydrogens is 158 g/mol. The molecule has 0 bridgehead atoms. The molecule has 1 rings (SSSR count). The molecule has 1 saturated heterocycles. The number of hydrogen-bond acceptors (Lipinski definition) is 2. The number of nitrogens with zero attached hydrogens (tertiary/aromatic N) is 1. The van der Waals surface area contributed by atoms with Crippen LogP contribution >= 0.6 is 11.1 Å². The highest BCUT2D eigenvalue weighted by atomic mass is 32.2. The smallest absolute Gasteiger partial charge is 0.0644 e. The molecule has 0 aromatic rings. The van der Waals surface area contributed by atoms with Crippen LogP contribution in [0.1, 0.15) is 19.8 Å². The van der Waals surface area contributed by atoms with Gasteiger partial charge in [0, 0.05) is 13.1 Å². The molecular formula is C8H19NOS. The van der Waals surface area contributed by atoms with Crippen molar-refractivity contribution >= 4 is 11.1 Å². The lowest BCUT2D eigenvalue weighted by molar-refractivity contribution is 0.0141. The van der Waals surface area contributed by atoms with Crippen LogP contribution in [0.25, 0.3) is 0 Å². The third-order valence-corrected chi connectivity index (χ3v) is 3.91. The Morgan fingerprint density at radius 3 is 2.09 bits per heavy atom. The highest BCUT2D eigenvalue weighted by molar-refractivity contribution is 8.13. The lowest BCUT2D eigenvalue weighted by Gasteiger charge is -2.39. The van der Waals surface area contributed by atoms with E-state index >= 15 is 0 Å². The number of hydrogen-bond donors (Lipinski definition) is 2. The maximum absolute atomic E-state index is 9.65. The summed E-state index contributed by atoms with van der Waals surface area (Å²) in [6.45, 7) is 4.09. The van der Waals surface area contributed by atoms with Crippen LogP contribution in [0, 0.1) is 0 Å². The molecule has 0 amide bonds. The third-order valence-electron chi connectivity index (χ3n) is 2.38. The number of thiol groups is 1. The van der Waals surface area contributed by atoms with Gasteiger partial charge in [-0.1, -0.05) is 0 Å². The molecule has 0 aliphatic carbocycles. The van der Waals surface area contributed by atoms with Gasteiger partial charge < -0.3 is 5.11 Å². The van der Waals surface area contributed by atoms with E-state index in [0.717, 1.165) is 25.9 Å². The van der Waals surface area contributed by atoms with Gasteiger partial charge in [0.05, 0.1) is 5.60 Å². The molecule has 0 aromatic carbocycles. The van der Waals surface area contributed by atoms with Crippen molar-refractivity contribution < 1.29 is 5.11 Å². The maximum Gasteiger partial charge on any atom is 0.0644 e. The van der Waals surface area contributed by atoms with Crippen molar-refractivity contribution in [1.82, 2.24) is 4.31 Å². The van der Waals surface area contributed by atoms with E-state index in [1.54, 1.807) is 0 Å². The molecule has 0 unspecified atom stereocenters. The number of rotatable bonds is 1. The summed E-state index contributed by atoms with van der Waals surface area (Å²) in [5, 5.41) is 9.65. The van der Waals surface area contributed by atoms with Gasteiger partial charge in [0.2, 0.25) is 0 Å². The van der Waals surface area contributed by atoms with Crippen LogP contribution in [0.4, 0.5) is 0 Å². The van der Waals surface area contributed by atoms with Crippen molar-refractivity contribution in [2.75, 3.05) is 25.6 Å². The van der Waals surface area contributed by atoms with Crippen molar-refractivity contribution in [1.29, 1.82) is 0 Å². The second kappa shape index (κ2) is 3.33. The van der Waals surface area contributed by atoms with Gasteiger partial charge in [0.25, 0.3) is 0 Å². The fourth-order valence-corrected chi connectivity index (χ4v) is 2.38. The van der Waals surface area contributed by atoms with Gasteiger partial charge in [-0.2, -0.15) is 0 Å². The molecule has 2 nitrogen and oxygen atoms in total. The van der Waals surface area contributed by atoms with Gasteiger partial charge in [-0.15, -0.1) is 0 Å². The second-order valence-electron chi connectivity index (χ2n) is 3.80. The summed E-state index contributed by atoms with van der Waals surface area (Å²) in [5.74, 6) is 0. The van der Waals surface area contributed by atoms with Crippen LogP contribution in [0.3, 0.4) is 0 Å². The van der Waals surface area contributed by atoms with Gasteiger partial charge in [-0.3, -0.25) is 4.31 Å². The fourth-order valence-electron chi connectivity index (χ4n) is 1.38. The topological polar surface area (TPSA) is 23.5 Å². The third kappa shape index (κ3) is 2.65. The Morgan fingerprint density at radius 1 is 1.27 bits per heavy atom. The van der Waals surface area contributed by atoms with E-state index in [-0.39, 0.29) is 16.7 Å². The monoisotopic (exact) mass is 177 g/mol. The van der Waals surface area contributed by atoms with Gasteiger partial charge in [0.15, 0.2) is 0 Å². The first-order valence-corrected chi connectivity index (χ1v) is 6.35. The second-order valence-corrected chi connectivity index (χ2v) is 6.06. The molecule has 0 saturated carbocycles. The first kappa shape index (κ1) is 9.36. The largest absolute Gasteiger partial charge is 0.390 e. The number of aliphatic hydroxyl groups is 1. The average Bonchev–Trinajstić information content (AvgIpc) is 1.86. The highest BCUT2D eigenvalue weighted by Crippen LogP contribution is 2.30. The van der Waals surface area contributed by atoms with Crippen LogP contribution in [0.2, 0.25) is 0 Å². The summed E-state index contributed by atoms with van der Waals surface area (Å²) >= 11 is 0.0622. The summed E-state index contributed by atoms with van der Waals surface area (Å²) in [6.07, 6.45) is 6.42. The Bertz CT molecular complexity index is 126. The van der Waals surface area contributed by atoms with E-state index in [9.17, 15) is 5.11 Å². The van der Waals surface area contributed by atoms with Crippen molar-refractivity contribution in [3.05, 3.63) is 0 Å². The van der Waals surface area contributed by atoms with E-state index in [0.29, 0.717) is 0 Å². The molecule has 1 fully saturated rings. The first-order chi connectivity index (χ1) is 5.01. The Hall–Kier alpha value is 0.270. The van der Waals surface area contributed by atoms with Crippen LogP contribution in [0.15, 0.2) is 0 Å². The van der Waals surface area contributed by atoms with E-state index < -0.39 is 0 Å². The van der Waals surface area contributed by atoms with E-state index in [1.807, 2.05) is 6.92 Å². The lowest BCUT2D eigenvalue weighted by atomic mass is 9.95. The maximum atomic E-state index is 9.65. The minimum Gasteiger partial charge on any atom is -0.390 e. The molecule has 1 heterocycles. The Kier molecular flexibility index (Phi) is 2.84. The molecule has 1 N–H and O–H groups in total. The molecule has 1 aliphatic rings. The predicted octanol–water partition coefficient (Wildman–Crippen LogP) is 1.01. The minimum absolute atomic E-state index is 0.0622. The molecule has 11 heavy (non-hydrogen) atoms. The fraction of sp³-hybridized carbons (Fsp3) is 1.00. The SMILES string of the molecule is C[SH](C)N1CCC(C)(O)CC1. The van der Waals surface area contributed by atoms with Gasteiger partial charge in [-0.05, 0) is 32.3 Å². The Labute approximate surface area is 72.1 Å². The van der Waals surface area contributed by atoms with Crippen molar-refractivity contribution in [3.63, 3.8) is 0 Å². The zero-order chi connectivity index (χ0) is 8.48. The number of piperidine rings is 1. The van der Waals surface area contributed by atoms with Crippen molar-refractivity contribution in [2.24, 2.45) is 0 Å². The van der Waals surface area contributed by atoms with Crippen LogP contribution < -0.4 is 0 Å². The van der Waals surface area contributed by atoms with E-state index in [2.05, 4.69) is 16.8 Å². The Balaban J connectivity index is 2.36. The van der Waals surface area contributed by atoms with Crippen LogP contribution in [0.5, 0.6) is 0 Å². The van der Waals surface area contributed by atoms with Crippen LogP contribution in [-0.2, 0) is 0 Å². The predicted molar refractivity (Wildman–Crippen MR) is 52.3 cm³/mol. The van der Waals surface area contributed by atoms with Gasteiger partial charge in [0.1, 0.15) is 0 Å². The van der Waals surface area contributed by atoms with E-state index in [4.69, 9.17) is 0 Å². The summed E-state index contributed by atoms with van der Waals surface area (Å²) in [4.78, 5) is 0. The highest BCUT2D eigenvalue weighted by Gasteiger charge is 2.27. The zero-order valence-electron chi connectivity index (χ0n) is 7.67. The summed E-state index contributed by atoms with van der Waals surface area (Å²) in [5.41, 5.74) is -0.387. The van der Waals surface area contributed by atoms with E-state index in [1.165, 1.54) is 0 Å². The molecule has 0 atom stereocenters. The van der Waals surface area contributed by atoms with Gasteiger partial charge in [-0.25, -0.2) is 11.1 Å². The van der Waals surface area contributed by atoms with Gasteiger partial charge >= 0.3 is 0 Å². The minimum atomic E-state index is -0.387. The molecule has 68 valence electrons. The summed E-state index contributed by atoms with van der Waals surface area (Å²) in [7, 11) is 0. The molecule has 0 spiro atoms. The summed E-state index contributed by atoms with van der Waals surface area (Å²) < 4.78 is 2.48. The molecule has 1 aliphatic heterocycles. The average molecular weight is 177 g/mol. The molecule has 3 heteroatoms. The van der Waals surface area contributed by atoms with Crippen molar-refractivity contribution in [3.8, 4) is 0 Å². The normalized spacial score (nSPS) is 26.7. The van der Waals surface area contributed by atoms with Crippen molar-refractivity contribution in [2.45, 2.75) is 25.4 Å². The standard InChI is InChI=1S/C8H19NOS/c1-8(10)4-6-9(7-5-8)11(2)3/h10-11H,4-7H2,1-3H3. The summed E-state index contributed by atoms with van der Waals surface area (Å²) in [6, 6.07) is 0. The Morgan fingerprint density at radius 2 is 1.73 bits per heavy atom. The molecule has 0 radical (unpaired) electrons.